The van der Waals surface area contributed by atoms with Gasteiger partial charge in [-0.15, -0.1) is 0 Å². The molecule has 2 N–H and O–H groups in total. The molecule has 1 atom stereocenters. The van der Waals surface area contributed by atoms with Crippen LogP contribution in [-0.2, 0) is 4.65 Å². The van der Waals surface area contributed by atoms with E-state index in [9.17, 15) is 10.1 Å². The summed E-state index contributed by atoms with van der Waals surface area (Å²) in [5.41, 5.74) is 2.16. The van der Waals surface area contributed by atoms with Crippen molar-refractivity contribution in [2.45, 2.75) is 45.0 Å². The van der Waals surface area contributed by atoms with E-state index in [2.05, 4.69) is 13.0 Å². The van der Waals surface area contributed by atoms with Crippen LogP contribution in [0.25, 0.3) is 6.08 Å². The van der Waals surface area contributed by atoms with Gasteiger partial charge in [-0.2, -0.15) is 0 Å². The number of hydrogen-bond donors (Lipinski definition) is 2. The smallest absolute Gasteiger partial charge is 0.458 e. The molecule has 0 aliphatic carbocycles. The highest BCUT2D eigenvalue weighted by Crippen LogP contribution is 2.24. The van der Waals surface area contributed by atoms with E-state index in [0.717, 1.165) is 31.2 Å². The molecule has 0 saturated carbocycles. The average molecular weight is 286 g/mol. The van der Waals surface area contributed by atoms with E-state index >= 15 is 0 Å². The standard InChI is InChI=1S/C17H23BO3/c1-2-6-14(13-15-7-3-4-9-17(15)19)10-11-16-8-5-12-18(20)21-16/h3-5,7-9,13,16,19-20H,2,6,10-12H2,1H3/b14-13+/t16-/m0/s1. The van der Waals surface area contributed by atoms with E-state index in [1.165, 1.54) is 5.57 Å². The Kier molecular flexibility index (Phi) is 6.09. The minimum absolute atomic E-state index is 0.0154. The predicted molar refractivity (Wildman–Crippen MR) is 87.0 cm³/mol. The Morgan fingerprint density at radius 2 is 2.19 bits per heavy atom. The minimum atomic E-state index is -0.670. The number of aromatic hydroxyl groups is 1. The van der Waals surface area contributed by atoms with E-state index in [0.29, 0.717) is 12.1 Å². The van der Waals surface area contributed by atoms with Gasteiger partial charge >= 0.3 is 7.12 Å². The van der Waals surface area contributed by atoms with Crippen LogP contribution in [0, 0.1) is 0 Å². The molecule has 0 bridgehead atoms. The van der Waals surface area contributed by atoms with E-state index in [-0.39, 0.29) is 6.10 Å². The number of phenolic OH excluding ortho intramolecular Hbond substituents is 1. The molecule has 4 heteroatoms. The lowest BCUT2D eigenvalue weighted by molar-refractivity contribution is 0.192. The summed E-state index contributed by atoms with van der Waals surface area (Å²) in [6, 6.07) is 7.39. The summed E-state index contributed by atoms with van der Waals surface area (Å²) in [4.78, 5) is 0. The monoisotopic (exact) mass is 286 g/mol. The maximum Gasteiger partial charge on any atom is 0.458 e. The SMILES string of the molecule is CCC/C(=C\c1ccccc1O)CC[C@@H]1C=CCB(O)O1. The van der Waals surface area contributed by atoms with Gasteiger partial charge in [0.2, 0.25) is 0 Å². The maximum atomic E-state index is 9.87. The van der Waals surface area contributed by atoms with Gasteiger partial charge in [-0.1, -0.05) is 55.3 Å². The zero-order chi connectivity index (χ0) is 15.1. The molecule has 1 aliphatic heterocycles. The fourth-order valence-electron chi connectivity index (χ4n) is 2.56. The van der Waals surface area contributed by atoms with Crippen molar-refractivity contribution in [3.8, 4) is 5.75 Å². The van der Waals surface area contributed by atoms with Crippen LogP contribution in [0.3, 0.4) is 0 Å². The van der Waals surface area contributed by atoms with Gasteiger partial charge in [0, 0.05) is 11.9 Å². The Morgan fingerprint density at radius 3 is 2.90 bits per heavy atom. The third kappa shape index (κ3) is 5.07. The highest BCUT2D eigenvalue weighted by molar-refractivity contribution is 6.43. The summed E-state index contributed by atoms with van der Waals surface area (Å²) in [5, 5.41) is 19.4. The fraction of sp³-hybridized carbons (Fsp3) is 0.412. The van der Waals surface area contributed by atoms with Crippen LogP contribution in [0.1, 0.15) is 38.2 Å². The van der Waals surface area contributed by atoms with Gasteiger partial charge in [-0.3, -0.25) is 0 Å². The predicted octanol–water partition coefficient (Wildman–Crippen LogP) is 3.79. The first-order valence-corrected chi connectivity index (χ1v) is 7.66. The molecule has 0 saturated heterocycles. The van der Waals surface area contributed by atoms with Gasteiger partial charge in [0.05, 0.1) is 6.10 Å². The molecule has 3 nitrogen and oxygen atoms in total. The molecule has 0 amide bonds. The topological polar surface area (TPSA) is 49.7 Å². The highest BCUT2D eigenvalue weighted by Gasteiger charge is 2.20. The first-order valence-electron chi connectivity index (χ1n) is 7.66. The van der Waals surface area contributed by atoms with Gasteiger partial charge < -0.3 is 14.8 Å². The van der Waals surface area contributed by atoms with Crippen molar-refractivity contribution in [3.05, 3.63) is 47.6 Å². The first kappa shape index (κ1) is 15.9. The van der Waals surface area contributed by atoms with E-state index < -0.39 is 7.12 Å². The third-order valence-corrected chi connectivity index (χ3v) is 3.64. The van der Waals surface area contributed by atoms with Crippen molar-refractivity contribution in [1.82, 2.24) is 0 Å². The minimum Gasteiger partial charge on any atom is -0.507 e. The molecule has 1 aliphatic rings. The van der Waals surface area contributed by atoms with Crippen LogP contribution in [-0.4, -0.2) is 23.4 Å². The van der Waals surface area contributed by atoms with Crippen molar-refractivity contribution in [3.63, 3.8) is 0 Å². The molecular weight excluding hydrogens is 263 g/mol. The summed E-state index contributed by atoms with van der Waals surface area (Å²) in [6.45, 7) is 2.15. The molecule has 2 rings (SSSR count). The summed E-state index contributed by atoms with van der Waals surface area (Å²) < 4.78 is 5.48. The largest absolute Gasteiger partial charge is 0.507 e. The van der Waals surface area contributed by atoms with E-state index in [1.54, 1.807) is 6.07 Å². The lowest BCUT2D eigenvalue weighted by Gasteiger charge is -2.20. The molecule has 21 heavy (non-hydrogen) atoms. The normalized spacial score (nSPS) is 19.0. The lowest BCUT2D eigenvalue weighted by atomic mass is 9.82. The number of rotatable bonds is 6. The second kappa shape index (κ2) is 8.06. The van der Waals surface area contributed by atoms with Gasteiger partial charge in [-0.25, -0.2) is 0 Å². The van der Waals surface area contributed by atoms with Gasteiger partial charge in [-0.05, 0) is 25.3 Å². The third-order valence-electron chi connectivity index (χ3n) is 3.64. The maximum absolute atomic E-state index is 9.87. The molecule has 0 unspecified atom stereocenters. The van der Waals surface area contributed by atoms with E-state index in [1.807, 2.05) is 30.4 Å². The number of benzene rings is 1. The summed E-state index contributed by atoms with van der Waals surface area (Å²) in [6.07, 6.45) is 10.5. The van der Waals surface area contributed by atoms with Crippen molar-refractivity contribution in [2.75, 3.05) is 0 Å². The molecule has 1 aromatic rings. The van der Waals surface area contributed by atoms with Crippen molar-refractivity contribution in [1.29, 1.82) is 0 Å². The summed E-state index contributed by atoms with van der Waals surface area (Å²) in [7, 11) is -0.670. The molecule has 0 aromatic heterocycles. The fourth-order valence-corrected chi connectivity index (χ4v) is 2.56. The van der Waals surface area contributed by atoms with Crippen LogP contribution < -0.4 is 0 Å². The Balaban J connectivity index is 2.00. The van der Waals surface area contributed by atoms with Crippen LogP contribution in [0.4, 0.5) is 0 Å². The molecule has 0 radical (unpaired) electrons. The average Bonchev–Trinajstić information content (AvgIpc) is 2.47. The lowest BCUT2D eigenvalue weighted by Crippen LogP contribution is -2.27. The Morgan fingerprint density at radius 1 is 1.38 bits per heavy atom. The first-order chi connectivity index (χ1) is 10.2. The number of para-hydroxylation sites is 1. The highest BCUT2D eigenvalue weighted by atomic mass is 16.5. The van der Waals surface area contributed by atoms with Crippen LogP contribution in [0.2, 0.25) is 6.32 Å². The second-order valence-electron chi connectivity index (χ2n) is 5.44. The Bertz CT molecular complexity index is 511. The van der Waals surface area contributed by atoms with Crippen molar-refractivity contribution in [2.24, 2.45) is 0 Å². The Labute approximate surface area is 127 Å². The zero-order valence-corrected chi connectivity index (χ0v) is 12.5. The van der Waals surface area contributed by atoms with Gasteiger partial charge in [0.1, 0.15) is 5.75 Å². The summed E-state index contributed by atoms with van der Waals surface area (Å²) in [5.74, 6) is 0.315. The molecule has 1 heterocycles. The molecule has 112 valence electrons. The van der Waals surface area contributed by atoms with Crippen LogP contribution in [0.5, 0.6) is 5.75 Å². The second-order valence-corrected chi connectivity index (χ2v) is 5.44. The zero-order valence-electron chi connectivity index (χ0n) is 12.5. The number of hydrogen-bond acceptors (Lipinski definition) is 3. The summed E-state index contributed by atoms with van der Waals surface area (Å²) >= 11 is 0. The van der Waals surface area contributed by atoms with Crippen molar-refractivity contribution < 1.29 is 14.8 Å². The molecule has 0 fully saturated rings. The van der Waals surface area contributed by atoms with Crippen LogP contribution in [0.15, 0.2) is 42.0 Å². The number of phenols is 1. The van der Waals surface area contributed by atoms with Gasteiger partial charge in [0.15, 0.2) is 0 Å². The Hall–Kier alpha value is -1.52. The van der Waals surface area contributed by atoms with E-state index in [4.69, 9.17) is 4.65 Å². The quantitative estimate of drug-likeness (QED) is 0.618. The molecular formula is C17H23BO3. The van der Waals surface area contributed by atoms with Gasteiger partial charge in [0.25, 0.3) is 0 Å². The molecule has 1 aromatic carbocycles. The van der Waals surface area contributed by atoms with Crippen LogP contribution >= 0.6 is 0 Å². The number of allylic oxidation sites excluding steroid dienone is 2. The molecule has 0 spiro atoms. The van der Waals surface area contributed by atoms with Crippen molar-refractivity contribution >= 4 is 13.2 Å².